The van der Waals surface area contributed by atoms with Gasteiger partial charge in [0.25, 0.3) is 0 Å². The van der Waals surface area contributed by atoms with Crippen LogP contribution in [0.2, 0.25) is 0 Å². The van der Waals surface area contributed by atoms with Gasteiger partial charge in [-0.1, -0.05) is 23.9 Å². The monoisotopic (exact) mass is 497 g/mol. The van der Waals surface area contributed by atoms with Crippen LogP contribution < -0.4 is 14.4 Å². The predicted octanol–water partition coefficient (Wildman–Crippen LogP) is 3.37. The molecule has 186 valence electrons. The average Bonchev–Trinajstić information content (AvgIpc) is 3.43. The summed E-state index contributed by atoms with van der Waals surface area (Å²) in [6, 6.07) is 9.68. The minimum Gasteiger partial charge on any atom is -0.486 e. The van der Waals surface area contributed by atoms with E-state index < -0.39 is 0 Å². The SMILES string of the molecule is CCn1c(SCC(=O)c2cc(C)n(C[C@@H]3COc4ccccc4O3)c2C)nnc1N1CCOCC1. The fraction of sp³-hybridized carbons (Fsp3) is 0.480. The Kier molecular flexibility index (Phi) is 7.01. The van der Waals surface area contributed by atoms with Gasteiger partial charge < -0.3 is 23.7 Å². The maximum atomic E-state index is 13.2. The minimum absolute atomic E-state index is 0.0825. The molecule has 1 fully saturated rings. The summed E-state index contributed by atoms with van der Waals surface area (Å²) >= 11 is 1.44. The summed E-state index contributed by atoms with van der Waals surface area (Å²) in [5, 5.41) is 9.54. The third kappa shape index (κ3) is 4.90. The molecule has 10 heteroatoms. The second kappa shape index (κ2) is 10.3. The first-order valence-electron chi connectivity index (χ1n) is 12.0. The summed E-state index contributed by atoms with van der Waals surface area (Å²) in [5.41, 5.74) is 2.72. The highest BCUT2D eigenvalue weighted by molar-refractivity contribution is 7.99. The molecule has 2 aromatic heterocycles. The number of aryl methyl sites for hydroxylation is 1. The first-order chi connectivity index (χ1) is 17.0. The van der Waals surface area contributed by atoms with Gasteiger partial charge in [-0.05, 0) is 39.0 Å². The molecular weight excluding hydrogens is 466 g/mol. The van der Waals surface area contributed by atoms with Gasteiger partial charge in [-0.2, -0.15) is 0 Å². The van der Waals surface area contributed by atoms with Gasteiger partial charge in [0.1, 0.15) is 6.61 Å². The average molecular weight is 498 g/mol. The van der Waals surface area contributed by atoms with Gasteiger partial charge in [0.05, 0.1) is 25.5 Å². The number of ketones is 1. The maximum absolute atomic E-state index is 13.2. The van der Waals surface area contributed by atoms with Gasteiger partial charge >= 0.3 is 0 Å². The Morgan fingerprint density at radius 1 is 1.11 bits per heavy atom. The van der Waals surface area contributed by atoms with Crippen molar-refractivity contribution >= 4 is 23.5 Å². The number of carbonyl (C=O) groups is 1. The number of anilines is 1. The molecule has 4 heterocycles. The summed E-state index contributed by atoms with van der Waals surface area (Å²) in [5.74, 6) is 2.77. The highest BCUT2D eigenvalue weighted by atomic mass is 32.2. The van der Waals surface area contributed by atoms with Crippen LogP contribution in [0.3, 0.4) is 0 Å². The van der Waals surface area contributed by atoms with Crippen molar-refractivity contribution < 1.29 is 19.0 Å². The zero-order valence-electron chi connectivity index (χ0n) is 20.4. The van der Waals surface area contributed by atoms with Crippen LogP contribution in [0.1, 0.15) is 28.7 Å². The number of nitrogens with zero attached hydrogens (tertiary/aromatic N) is 5. The van der Waals surface area contributed by atoms with Crippen molar-refractivity contribution in [3.8, 4) is 11.5 Å². The zero-order chi connectivity index (χ0) is 24.4. The quantitative estimate of drug-likeness (QED) is 0.346. The number of hydrogen-bond acceptors (Lipinski definition) is 8. The van der Waals surface area contributed by atoms with Crippen LogP contribution in [0.4, 0.5) is 5.95 Å². The van der Waals surface area contributed by atoms with Crippen molar-refractivity contribution in [1.82, 2.24) is 19.3 Å². The molecule has 9 nitrogen and oxygen atoms in total. The van der Waals surface area contributed by atoms with Crippen LogP contribution in [0, 0.1) is 13.8 Å². The first kappa shape index (κ1) is 23.7. The van der Waals surface area contributed by atoms with Crippen LogP contribution in [0.25, 0.3) is 0 Å². The van der Waals surface area contributed by atoms with E-state index in [4.69, 9.17) is 14.2 Å². The number of carbonyl (C=O) groups excluding carboxylic acids is 1. The zero-order valence-corrected chi connectivity index (χ0v) is 21.2. The normalized spacial score (nSPS) is 17.6. The molecule has 5 rings (SSSR count). The standard InChI is InChI=1S/C25H31N5O4S/c1-4-29-24(28-9-11-32-12-10-28)26-27-25(29)35-16-21(31)20-13-17(2)30(18(20)3)14-19-15-33-22-7-5-6-8-23(22)34-19/h5-8,13,19H,4,9-12,14-16H2,1-3H3/t19-/m1/s1. The van der Waals surface area contributed by atoms with E-state index in [0.29, 0.717) is 32.1 Å². The van der Waals surface area contributed by atoms with Crippen LogP contribution in [0.15, 0.2) is 35.5 Å². The Labute approximate surface area is 209 Å². The van der Waals surface area contributed by atoms with Crippen LogP contribution >= 0.6 is 11.8 Å². The van der Waals surface area contributed by atoms with Crippen LogP contribution in [-0.2, 0) is 17.8 Å². The number of benzene rings is 1. The Morgan fingerprint density at radius 3 is 2.66 bits per heavy atom. The number of hydrogen-bond donors (Lipinski definition) is 0. The van der Waals surface area contributed by atoms with Gasteiger partial charge in [0.15, 0.2) is 28.5 Å². The molecule has 2 aliphatic rings. The van der Waals surface area contributed by atoms with Gasteiger partial charge in [0, 0.05) is 36.6 Å². The molecular formula is C25H31N5O4S. The van der Waals surface area contributed by atoms with E-state index in [-0.39, 0.29) is 11.9 Å². The number of Topliss-reactive ketones (excluding diaryl/α,β-unsaturated/α-hetero) is 1. The molecule has 0 unspecified atom stereocenters. The largest absolute Gasteiger partial charge is 0.486 e. The fourth-order valence-electron chi connectivity index (χ4n) is 4.59. The van der Waals surface area contributed by atoms with Crippen molar-refractivity contribution in [2.75, 3.05) is 43.6 Å². The molecule has 0 saturated carbocycles. The second-order valence-electron chi connectivity index (χ2n) is 8.73. The number of thioether (sulfide) groups is 1. The number of para-hydroxylation sites is 2. The van der Waals surface area contributed by atoms with Crippen molar-refractivity contribution in [3.05, 3.63) is 47.3 Å². The number of fused-ring (bicyclic) bond motifs is 1. The van der Waals surface area contributed by atoms with E-state index in [9.17, 15) is 4.79 Å². The lowest BCUT2D eigenvalue weighted by Crippen LogP contribution is -2.38. The third-order valence-electron chi connectivity index (χ3n) is 6.47. The summed E-state index contributed by atoms with van der Waals surface area (Å²) in [7, 11) is 0. The van der Waals surface area contributed by atoms with E-state index >= 15 is 0 Å². The molecule has 0 N–H and O–H groups in total. The Bertz CT molecular complexity index is 1200. The molecule has 1 aromatic carbocycles. The molecule has 0 bridgehead atoms. The van der Waals surface area contributed by atoms with Crippen LogP contribution in [0.5, 0.6) is 11.5 Å². The van der Waals surface area contributed by atoms with Crippen molar-refractivity contribution in [1.29, 1.82) is 0 Å². The van der Waals surface area contributed by atoms with Gasteiger partial charge in [0.2, 0.25) is 5.95 Å². The van der Waals surface area contributed by atoms with E-state index in [0.717, 1.165) is 59.2 Å². The van der Waals surface area contributed by atoms with Gasteiger partial charge in [-0.15, -0.1) is 10.2 Å². The van der Waals surface area contributed by atoms with Crippen molar-refractivity contribution in [2.24, 2.45) is 0 Å². The second-order valence-corrected chi connectivity index (χ2v) is 9.67. The lowest BCUT2D eigenvalue weighted by molar-refractivity contribution is 0.0777. The summed E-state index contributed by atoms with van der Waals surface area (Å²) in [6.07, 6.45) is -0.117. The topological polar surface area (TPSA) is 83.6 Å². The molecule has 0 amide bonds. The number of ether oxygens (including phenoxy) is 3. The number of aromatic nitrogens is 4. The Balaban J connectivity index is 1.25. The lowest BCUT2D eigenvalue weighted by atomic mass is 10.2. The fourth-order valence-corrected chi connectivity index (χ4v) is 5.47. The molecule has 35 heavy (non-hydrogen) atoms. The molecule has 0 spiro atoms. The smallest absolute Gasteiger partial charge is 0.228 e. The highest BCUT2D eigenvalue weighted by Gasteiger charge is 2.25. The highest BCUT2D eigenvalue weighted by Crippen LogP contribution is 2.32. The number of morpholine rings is 1. The Hall–Kier alpha value is -2.98. The molecule has 0 radical (unpaired) electrons. The maximum Gasteiger partial charge on any atom is 0.228 e. The predicted molar refractivity (Wildman–Crippen MR) is 134 cm³/mol. The summed E-state index contributed by atoms with van der Waals surface area (Å²) in [4.78, 5) is 15.4. The minimum atomic E-state index is -0.117. The molecule has 1 saturated heterocycles. The van der Waals surface area contributed by atoms with Crippen LogP contribution in [-0.4, -0.2) is 69.9 Å². The number of rotatable bonds is 8. The molecule has 2 aliphatic heterocycles. The van der Waals surface area contributed by atoms with E-state index in [2.05, 4.69) is 31.2 Å². The van der Waals surface area contributed by atoms with Gasteiger partial charge in [-0.25, -0.2) is 0 Å². The van der Waals surface area contributed by atoms with E-state index in [1.54, 1.807) is 0 Å². The van der Waals surface area contributed by atoms with Crippen molar-refractivity contribution in [2.45, 2.75) is 45.1 Å². The Morgan fingerprint density at radius 2 is 1.89 bits per heavy atom. The summed E-state index contributed by atoms with van der Waals surface area (Å²) < 4.78 is 21.7. The van der Waals surface area contributed by atoms with Crippen molar-refractivity contribution in [3.63, 3.8) is 0 Å². The molecule has 3 aromatic rings. The molecule has 0 aliphatic carbocycles. The van der Waals surface area contributed by atoms with E-state index in [1.165, 1.54) is 11.8 Å². The van der Waals surface area contributed by atoms with E-state index in [1.807, 2.05) is 44.2 Å². The summed E-state index contributed by atoms with van der Waals surface area (Å²) in [6.45, 7) is 10.9. The van der Waals surface area contributed by atoms with Gasteiger partial charge in [-0.3, -0.25) is 9.36 Å². The lowest BCUT2D eigenvalue weighted by Gasteiger charge is -2.27. The first-order valence-corrected chi connectivity index (χ1v) is 13.0. The molecule has 1 atom stereocenters. The third-order valence-corrected chi connectivity index (χ3v) is 7.43.